The highest BCUT2D eigenvalue weighted by atomic mass is 32.2. The number of aromatic nitrogens is 1. The quantitative estimate of drug-likeness (QED) is 0.103. The van der Waals surface area contributed by atoms with E-state index in [0.717, 1.165) is 68.5 Å². The maximum atomic E-state index is 14.1. The number of hydrogen-bond acceptors (Lipinski definition) is 5. The zero-order valence-electron chi connectivity index (χ0n) is 28.7. The highest BCUT2D eigenvalue weighted by Crippen LogP contribution is 2.50. The number of para-hydroxylation sites is 1. The molecule has 0 saturated heterocycles. The highest BCUT2D eigenvalue weighted by Gasteiger charge is 2.49. The fraction of sp³-hybridized carbons (Fsp3) is 0.475. The highest BCUT2D eigenvalue weighted by molar-refractivity contribution is 7.91. The first-order valence-electron chi connectivity index (χ1n) is 17.5. The van der Waals surface area contributed by atoms with Gasteiger partial charge in [0.05, 0.1) is 23.4 Å². The van der Waals surface area contributed by atoms with Crippen molar-refractivity contribution in [2.75, 3.05) is 31.4 Å². The second kappa shape index (κ2) is 15.7. The normalized spacial score (nSPS) is 18.4. The number of anilines is 1. The van der Waals surface area contributed by atoms with Gasteiger partial charge in [-0.15, -0.1) is 0 Å². The number of rotatable bonds is 15. The Kier molecular flexibility index (Phi) is 11.6. The predicted molar refractivity (Wildman–Crippen MR) is 192 cm³/mol. The van der Waals surface area contributed by atoms with Crippen LogP contribution in [0.5, 0.6) is 5.75 Å². The van der Waals surface area contributed by atoms with Gasteiger partial charge in [0.1, 0.15) is 12.3 Å². The van der Waals surface area contributed by atoms with Gasteiger partial charge in [-0.3, -0.25) is 0 Å². The number of aliphatic hydroxyl groups is 1. The molecule has 7 heteroatoms. The fourth-order valence-corrected chi connectivity index (χ4v) is 9.52. The van der Waals surface area contributed by atoms with Gasteiger partial charge in [-0.05, 0) is 79.3 Å². The molecular weight excluding hydrogens is 605 g/mol. The molecule has 0 amide bonds. The largest absolute Gasteiger partial charge is 0.494 e. The molecule has 0 bridgehead atoms. The second-order valence-corrected chi connectivity index (χ2v) is 15.6. The van der Waals surface area contributed by atoms with Crippen LogP contribution in [0.25, 0.3) is 10.9 Å². The van der Waals surface area contributed by atoms with Crippen LogP contribution in [0.2, 0.25) is 0 Å². The Morgan fingerprint density at radius 3 is 2.28 bits per heavy atom. The molecule has 5 rings (SSSR count). The number of sulfone groups is 1. The van der Waals surface area contributed by atoms with Crippen molar-refractivity contribution in [3.63, 3.8) is 0 Å². The van der Waals surface area contributed by atoms with Crippen LogP contribution in [-0.2, 0) is 16.4 Å². The predicted octanol–water partition coefficient (Wildman–Crippen LogP) is 8.09. The molecular formula is C40H53N2O4S+. The topological polar surface area (TPSA) is 70.7 Å². The van der Waals surface area contributed by atoms with Gasteiger partial charge in [-0.25, -0.2) is 8.42 Å². The number of fused-ring (bicyclic) bond motifs is 2. The van der Waals surface area contributed by atoms with E-state index < -0.39 is 27.3 Å². The number of hydrogen-bond donors (Lipinski definition) is 1. The van der Waals surface area contributed by atoms with Gasteiger partial charge in [0.15, 0.2) is 16.0 Å². The lowest BCUT2D eigenvalue weighted by molar-refractivity contribution is -0.671. The Bertz CT molecular complexity index is 1710. The van der Waals surface area contributed by atoms with E-state index in [4.69, 9.17) is 4.74 Å². The molecule has 1 aliphatic rings. The summed E-state index contributed by atoms with van der Waals surface area (Å²) in [5, 5.41) is 13.7. The van der Waals surface area contributed by atoms with Gasteiger partial charge in [0, 0.05) is 55.1 Å². The number of pyridine rings is 1. The molecule has 252 valence electrons. The zero-order valence-corrected chi connectivity index (χ0v) is 29.5. The van der Waals surface area contributed by atoms with E-state index in [-0.39, 0.29) is 5.75 Å². The van der Waals surface area contributed by atoms with Crippen LogP contribution in [0.3, 0.4) is 0 Å². The lowest BCUT2D eigenvalue weighted by Gasteiger charge is -2.40. The van der Waals surface area contributed by atoms with E-state index >= 15 is 0 Å². The molecule has 2 unspecified atom stereocenters. The van der Waals surface area contributed by atoms with Gasteiger partial charge in [0.2, 0.25) is 5.52 Å². The van der Waals surface area contributed by atoms with Crippen molar-refractivity contribution in [1.82, 2.24) is 0 Å². The molecule has 2 heterocycles. The van der Waals surface area contributed by atoms with E-state index in [1.807, 2.05) is 55.4 Å². The van der Waals surface area contributed by atoms with E-state index in [0.29, 0.717) is 29.9 Å². The molecule has 0 radical (unpaired) electrons. The van der Waals surface area contributed by atoms with Crippen molar-refractivity contribution in [3.05, 3.63) is 96.2 Å². The van der Waals surface area contributed by atoms with Crippen molar-refractivity contribution >= 4 is 26.4 Å². The fourth-order valence-electron chi connectivity index (χ4n) is 7.33. The summed E-state index contributed by atoms with van der Waals surface area (Å²) in [6.07, 6.45) is 9.49. The Balaban J connectivity index is 1.33. The Labute approximate surface area is 282 Å². The van der Waals surface area contributed by atoms with E-state index in [1.165, 1.54) is 10.9 Å². The smallest absolute Gasteiger partial charge is 0.212 e. The van der Waals surface area contributed by atoms with E-state index in [1.54, 1.807) is 6.07 Å². The summed E-state index contributed by atoms with van der Waals surface area (Å²) in [7, 11) is 0.292. The number of aryl methyl sites for hydroxylation is 1. The zero-order chi connectivity index (χ0) is 33.4. The molecule has 6 nitrogen and oxygen atoms in total. The number of aliphatic hydroxyl groups excluding tert-OH is 1. The summed E-state index contributed by atoms with van der Waals surface area (Å²) < 4.78 is 36.6. The average molecular weight is 658 g/mol. The molecule has 0 fully saturated rings. The molecule has 2 atom stereocenters. The minimum absolute atomic E-state index is 0.0217. The minimum atomic E-state index is -3.62. The third-order valence-corrected chi connectivity index (χ3v) is 12.0. The van der Waals surface area contributed by atoms with Crippen LogP contribution in [0.4, 0.5) is 5.69 Å². The van der Waals surface area contributed by atoms with Gasteiger partial charge in [-0.1, -0.05) is 63.8 Å². The summed E-state index contributed by atoms with van der Waals surface area (Å²) >= 11 is 0. The van der Waals surface area contributed by atoms with Crippen LogP contribution in [0.1, 0.15) is 88.7 Å². The third kappa shape index (κ3) is 8.01. The number of benzene rings is 3. The molecule has 0 saturated carbocycles. The minimum Gasteiger partial charge on any atom is -0.494 e. The maximum absolute atomic E-state index is 14.1. The SMILES string of the molecule is CCCCC1(CCCC)CS(=O)(=O)c2ccc(N(C)C)cc2C(c2ccc(OCCCCC[n+]3cccc4ccccc43)cc2)C1O. The van der Waals surface area contributed by atoms with Gasteiger partial charge >= 0.3 is 0 Å². The third-order valence-electron chi connectivity index (χ3n) is 10.00. The number of ether oxygens (including phenoxy) is 1. The van der Waals surface area contributed by atoms with Crippen molar-refractivity contribution < 1.29 is 22.8 Å². The van der Waals surface area contributed by atoms with Gasteiger partial charge < -0.3 is 14.7 Å². The number of unbranched alkanes of at least 4 members (excludes halogenated alkanes) is 4. The summed E-state index contributed by atoms with van der Waals surface area (Å²) in [5.74, 6) is 0.307. The van der Waals surface area contributed by atoms with Crippen molar-refractivity contribution in [1.29, 1.82) is 0 Å². The first kappa shape index (κ1) is 34.9. The van der Waals surface area contributed by atoms with Crippen LogP contribution in [0, 0.1) is 5.41 Å². The molecule has 4 aromatic rings. The Morgan fingerprint density at radius 2 is 1.57 bits per heavy atom. The summed E-state index contributed by atoms with van der Waals surface area (Å²) in [6, 6.07) is 26.3. The van der Waals surface area contributed by atoms with E-state index in [9.17, 15) is 13.5 Å². The van der Waals surface area contributed by atoms with Crippen LogP contribution in [-0.4, -0.2) is 46.1 Å². The Morgan fingerprint density at radius 1 is 0.872 bits per heavy atom. The molecule has 1 aliphatic heterocycles. The van der Waals surface area contributed by atoms with Crippen molar-refractivity contribution in [2.45, 2.75) is 95.1 Å². The van der Waals surface area contributed by atoms with E-state index in [2.05, 4.69) is 61.0 Å². The summed E-state index contributed by atoms with van der Waals surface area (Å²) in [5.41, 5.74) is 3.08. The Hall–Kier alpha value is -3.42. The molecule has 47 heavy (non-hydrogen) atoms. The first-order valence-corrected chi connectivity index (χ1v) is 19.2. The van der Waals surface area contributed by atoms with Crippen molar-refractivity contribution in [3.8, 4) is 5.75 Å². The molecule has 3 aromatic carbocycles. The molecule has 1 aromatic heterocycles. The molecule has 0 aliphatic carbocycles. The van der Waals surface area contributed by atoms with Gasteiger partial charge in [-0.2, -0.15) is 4.57 Å². The molecule has 0 spiro atoms. The lowest BCUT2D eigenvalue weighted by Crippen LogP contribution is -2.43. The van der Waals surface area contributed by atoms with Crippen molar-refractivity contribution in [2.24, 2.45) is 5.41 Å². The summed E-state index contributed by atoms with van der Waals surface area (Å²) in [4.78, 5) is 2.34. The second-order valence-electron chi connectivity index (χ2n) is 13.6. The maximum Gasteiger partial charge on any atom is 0.212 e. The monoisotopic (exact) mass is 657 g/mol. The van der Waals surface area contributed by atoms with Crippen LogP contribution in [0.15, 0.2) is 90.0 Å². The number of nitrogens with zero attached hydrogens (tertiary/aromatic N) is 2. The lowest BCUT2D eigenvalue weighted by atomic mass is 9.68. The van der Waals surface area contributed by atoms with Crippen LogP contribution >= 0.6 is 0 Å². The average Bonchev–Trinajstić information content (AvgIpc) is 3.14. The van der Waals surface area contributed by atoms with Crippen LogP contribution < -0.4 is 14.2 Å². The first-order chi connectivity index (χ1) is 22.7. The molecule has 1 N–H and O–H groups in total. The standard InChI is InChI=1S/C40H53N2O4S/c1-5-7-24-40(25-8-6-2)30-47(44,45)37-23-20-33(41(3)4)29-35(37)38(39(40)43)32-18-21-34(22-19-32)46-28-13-9-12-26-42-27-14-16-31-15-10-11-17-36(31)42/h10-11,14-23,27,29,38-39,43H,5-9,12-13,24-26,28,30H2,1-4H3/q+1. The van der Waals surface area contributed by atoms with Gasteiger partial charge in [0.25, 0.3) is 0 Å². The summed E-state index contributed by atoms with van der Waals surface area (Å²) in [6.45, 7) is 5.87.